The Morgan fingerprint density at radius 1 is 0.571 bits per heavy atom. The molecular weight excluding hydrogens is 440 g/mol. The Morgan fingerprint density at radius 2 is 1.00 bits per heavy atom. The molecule has 0 saturated heterocycles. The average molecular weight is 448 g/mol. The molecule has 0 atom stereocenters. The van der Waals surface area contributed by atoms with E-state index in [4.69, 9.17) is 4.55 Å². The fourth-order valence-electron chi connectivity index (χ4n) is 2.78. The van der Waals surface area contributed by atoms with E-state index in [1.807, 2.05) is 0 Å². The van der Waals surface area contributed by atoms with Crippen LogP contribution in [0.2, 0.25) is 0 Å². The number of carbonyl (C=O) groups excluding carboxylic acids is 2. The summed E-state index contributed by atoms with van der Waals surface area (Å²) in [7, 11) is -15.0. The number of ketones is 2. The van der Waals surface area contributed by atoms with Crippen molar-refractivity contribution in [2.24, 2.45) is 0 Å². The van der Waals surface area contributed by atoms with Crippen molar-refractivity contribution in [3.05, 3.63) is 52.6 Å². The molecule has 1 aliphatic carbocycles. The molecule has 0 bridgehead atoms. The van der Waals surface area contributed by atoms with Crippen LogP contribution in [0.4, 0.5) is 0 Å². The van der Waals surface area contributed by atoms with Crippen molar-refractivity contribution >= 4 is 41.9 Å². The zero-order valence-electron chi connectivity index (χ0n) is 13.2. The predicted molar refractivity (Wildman–Crippen MR) is 89.2 cm³/mol. The van der Waals surface area contributed by atoms with E-state index in [2.05, 4.69) is 0 Å². The average Bonchev–Trinajstić information content (AvgIpc) is 2.55. The van der Waals surface area contributed by atoms with Gasteiger partial charge in [-0.1, -0.05) is 0 Å². The van der Waals surface area contributed by atoms with Gasteiger partial charge in [-0.2, -0.15) is 25.3 Å². The van der Waals surface area contributed by atoms with Crippen LogP contribution in [0.3, 0.4) is 0 Å². The van der Waals surface area contributed by atoms with Gasteiger partial charge in [-0.25, -0.2) is 0 Å². The second-order valence-electron chi connectivity index (χ2n) is 5.60. The molecule has 3 N–H and O–H groups in total. The summed E-state index contributed by atoms with van der Waals surface area (Å²) >= 11 is 0. The first-order valence-corrected chi connectivity index (χ1v) is 11.3. The van der Waals surface area contributed by atoms with Gasteiger partial charge < -0.3 is 0 Å². The van der Waals surface area contributed by atoms with Gasteiger partial charge in [0.1, 0.15) is 9.79 Å². The van der Waals surface area contributed by atoms with Crippen molar-refractivity contribution in [2.45, 2.75) is 14.7 Å². The number of hydrogen-bond acceptors (Lipinski definition) is 8. The molecule has 0 radical (unpaired) electrons. The Bertz CT molecular complexity index is 1400. The smallest absolute Gasteiger partial charge is 0.289 e. The van der Waals surface area contributed by atoms with Gasteiger partial charge >= 0.3 is 0 Å². The van der Waals surface area contributed by atoms with E-state index in [0.29, 0.717) is 18.2 Å². The lowest BCUT2D eigenvalue weighted by atomic mass is 9.84. The molecule has 1 aliphatic rings. The van der Waals surface area contributed by atoms with Gasteiger partial charge in [0.15, 0.2) is 11.6 Å². The first-order chi connectivity index (χ1) is 12.6. The van der Waals surface area contributed by atoms with Crippen LogP contribution in [0.15, 0.2) is 45.0 Å². The van der Waals surface area contributed by atoms with Gasteiger partial charge in [0, 0.05) is 11.1 Å². The Labute approximate surface area is 157 Å². The molecule has 0 amide bonds. The van der Waals surface area contributed by atoms with Crippen LogP contribution in [0.1, 0.15) is 31.8 Å². The van der Waals surface area contributed by atoms with Crippen molar-refractivity contribution < 1.29 is 48.5 Å². The number of hydrogen-bond donors (Lipinski definition) is 3. The van der Waals surface area contributed by atoms with Gasteiger partial charge in [-0.15, -0.1) is 0 Å². The third-order valence-electron chi connectivity index (χ3n) is 3.92. The highest BCUT2D eigenvalue weighted by atomic mass is 32.2. The molecule has 0 aliphatic heterocycles. The lowest BCUT2D eigenvalue weighted by Crippen LogP contribution is -2.26. The van der Waals surface area contributed by atoms with Crippen LogP contribution >= 0.6 is 0 Å². The van der Waals surface area contributed by atoms with Crippen LogP contribution in [-0.4, -0.2) is 50.5 Å². The molecule has 0 heterocycles. The van der Waals surface area contributed by atoms with Gasteiger partial charge in [-0.05, 0) is 30.3 Å². The summed E-state index contributed by atoms with van der Waals surface area (Å²) in [5.74, 6) is -2.53. The molecule has 0 aromatic heterocycles. The van der Waals surface area contributed by atoms with Crippen LogP contribution in [0, 0.1) is 0 Å². The monoisotopic (exact) mass is 448 g/mol. The lowest BCUT2D eigenvalue weighted by Gasteiger charge is -2.21. The van der Waals surface area contributed by atoms with E-state index in [-0.39, 0.29) is 0 Å². The van der Waals surface area contributed by atoms with Crippen LogP contribution in [-0.2, 0) is 30.4 Å². The third-order valence-corrected chi connectivity index (χ3v) is 6.56. The Hall–Kier alpha value is -2.49. The summed E-state index contributed by atoms with van der Waals surface area (Å²) in [6.07, 6.45) is 0. The largest absolute Gasteiger partial charge is 0.295 e. The van der Waals surface area contributed by atoms with Crippen molar-refractivity contribution in [1.82, 2.24) is 0 Å². The zero-order chi connectivity index (χ0) is 21.2. The standard InChI is InChI=1S/C14H8O11S3/c15-13-7-2-1-6(26(17,18)19)5-8(7)14(16)12-10(28(23,24)25)4-3-9(11(12)13)27(20,21)22/h1-5H,(H,17,18,19)(H,20,21,22)(H,23,24,25). The van der Waals surface area contributed by atoms with Crippen molar-refractivity contribution in [3.63, 3.8) is 0 Å². The molecule has 2 aromatic carbocycles. The van der Waals surface area contributed by atoms with Crippen molar-refractivity contribution in [3.8, 4) is 0 Å². The molecule has 0 spiro atoms. The van der Waals surface area contributed by atoms with Gasteiger partial charge in [-0.3, -0.25) is 23.2 Å². The summed E-state index contributed by atoms with van der Waals surface area (Å²) in [5, 5.41) is 0. The minimum atomic E-state index is -5.12. The van der Waals surface area contributed by atoms with Gasteiger partial charge in [0.2, 0.25) is 0 Å². The molecule has 3 rings (SSSR count). The van der Waals surface area contributed by atoms with Crippen LogP contribution in [0.5, 0.6) is 0 Å². The highest BCUT2D eigenvalue weighted by molar-refractivity contribution is 7.86. The molecule has 2 aromatic rings. The van der Waals surface area contributed by atoms with E-state index in [1.165, 1.54) is 0 Å². The first kappa shape index (κ1) is 20.2. The minimum absolute atomic E-state index is 0.498. The second-order valence-corrected chi connectivity index (χ2v) is 9.80. The normalized spacial score (nSPS) is 14.5. The number of carbonyl (C=O) groups is 2. The summed E-state index contributed by atoms with van der Waals surface area (Å²) < 4.78 is 96.7. The fraction of sp³-hybridized carbons (Fsp3) is 0. The van der Waals surface area contributed by atoms with Gasteiger partial charge in [0.25, 0.3) is 30.4 Å². The predicted octanol–water partition coefficient (Wildman–Crippen LogP) is 0.202. The molecule has 0 unspecified atom stereocenters. The number of benzene rings is 2. The van der Waals surface area contributed by atoms with E-state index in [0.717, 1.165) is 12.1 Å². The summed E-state index contributed by atoms with van der Waals surface area (Å²) in [4.78, 5) is 22.6. The number of rotatable bonds is 3. The summed E-state index contributed by atoms with van der Waals surface area (Å²) in [5.41, 5.74) is -3.19. The quantitative estimate of drug-likeness (QED) is 0.463. The fourth-order valence-corrected chi connectivity index (χ4v) is 4.68. The van der Waals surface area contributed by atoms with Gasteiger partial charge in [0.05, 0.1) is 16.0 Å². The first-order valence-electron chi connectivity index (χ1n) is 6.97. The maximum Gasteiger partial charge on any atom is 0.295 e. The SMILES string of the molecule is O=C1c2ccc(S(=O)(=O)O)cc2C(=O)c2c(S(=O)(=O)O)ccc(S(=O)(=O)O)c21. The Balaban J connectivity index is 2.50. The third kappa shape index (κ3) is 3.15. The summed E-state index contributed by atoms with van der Waals surface area (Å²) in [6.45, 7) is 0. The summed E-state index contributed by atoms with van der Waals surface area (Å²) in [6, 6.07) is 3.21. The maximum atomic E-state index is 12.8. The van der Waals surface area contributed by atoms with Crippen LogP contribution in [0.25, 0.3) is 0 Å². The molecule has 11 nitrogen and oxygen atoms in total. The van der Waals surface area contributed by atoms with E-state index in [9.17, 15) is 43.9 Å². The molecule has 0 saturated carbocycles. The molecular formula is C14H8O11S3. The van der Waals surface area contributed by atoms with E-state index >= 15 is 0 Å². The molecule has 0 fully saturated rings. The Morgan fingerprint density at radius 3 is 1.39 bits per heavy atom. The highest BCUT2D eigenvalue weighted by Gasteiger charge is 2.39. The maximum absolute atomic E-state index is 12.8. The molecule has 28 heavy (non-hydrogen) atoms. The van der Waals surface area contributed by atoms with Crippen LogP contribution < -0.4 is 0 Å². The molecule has 14 heteroatoms. The second kappa shape index (κ2) is 6.00. The minimum Gasteiger partial charge on any atom is -0.289 e. The number of fused-ring (bicyclic) bond motifs is 2. The highest BCUT2D eigenvalue weighted by Crippen LogP contribution is 2.36. The van der Waals surface area contributed by atoms with Crippen molar-refractivity contribution in [1.29, 1.82) is 0 Å². The lowest BCUT2D eigenvalue weighted by molar-refractivity contribution is 0.0973. The molecule has 148 valence electrons. The van der Waals surface area contributed by atoms with Crippen molar-refractivity contribution in [2.75, 3.05) is 0 Å². The Kier molecular flexibility index (Phi) is 4.34. The van der Waals surface area contributed by atoms with E-state index < -0.39 is 78.9 Å². The van der Waals surface area contributed by atoms with E-state index in [1.54, 1.807) is 0 Å². The zero-order valence-corrected chi connectivity index (χ0v) is 15.7. The topological polar surface area (TPSA) is 197 Å².